The normalized spacial score (nSPS) is 20.0. The zero-order valence-electron chi connectivity index (χ0n) is 13.6. The first-order chi connectivity index (χ1) is 10.1. The summed E-state index contributed by atoms with van der Waals surface area (Å²) in [6, 6.07) is 8.45. The number of hydrogen-bond donors (Lipinski definition) is 1. The van der Waals surface area contributed by atoms with E-state index >= 15 is 0 Å². The van der Waals surface area contributed by atoms with Crippen LogP contribution >= 0.6 is 0 Å². The van der Waals surface area contributed by atoms with Gasteiger partial charge >= 0.3 is 0 Å². The third-order valence-electron chi connectivity index (χ3n) is 3.78. The largest absolute Gasteiger partial charge is 0.370 e. The number of ether oxygens (including phenoxy) is 1. The third kappa shape index (κ3) is 4.21. The molecule has 116 valence electrons. The van der Waals surface area contributed by atoms with E-state index in [0.717, 1.165) is 32.2 Å². The lowest BCUT2D eigenvalue weighted by Crippen LogP contribution is -2.48. The van der Waals surface area contributed by atoms with Crippen molar-refractivity contribution < 1.29 is 4.74 Å². The van der Waals surface area contributed by atoms with E-state index in [1.807, 2.05) is 7.05 Å². The number of benzene rings is 1. The molecular formula is C17H27N3O. The fourth-order valence-electron chi connectivity index (χ4n) is 2.61. The highest BCUT2D eigenvalue weighted by Gasteiger charge is 2.24. The molecule has 1 heterocycles. The van der Waals surface area contributed by atoms with Crippen molar-refractivity contribution in [2.75, 3.05) is 33.3 Å². The van der Waals surface area contributed by atoms with Crippen molar-refractivity contribution in [1.82, 2.24) is 10.2 Å². The molecule has 1 aliphatic heterocycles. The van der Waals surface area contributed by atoms with Crippen LogP contribution in [0, 0.1) is 12.8 Å². The van der Waals surface area contributed by atoms with Crippen LogP contribution < -0.4 is 5.32 Å². The fourth-order valence-corrected chi connectivity index (χ4v) is 2.61. The molecule has 0 radical (unpaired) electrons. The minimum Gasteiger partial charge on any atom is -0.370 e. The average Bonchev–Trinajstić information content (AvgIpc) is 2.48. The molecule has 21 heavy (non-hydrogen) atoms. The van der Waals surface area contributed by atoms with Gasteiger partial charge in [0.25, 0.3) is 0 Å². The van der Waals surface area contributed by atoms with E-state index in [0.29, 0.717) is 5.92 Å². The highest BCUT2D eigenvalue weighted by molar-refractivity contribution is 5.80. The highest BCUT2D eigenvalue weighted by atomic mass is 16.5. The van der Waals surface area contributed by atoms with Crippen LogP contribution in [0.4, 0.5) is 0 Å². The number of rotatable bonds is 3. The molecule has 1 unspecified atom stereocenters. The van der Waals surface area contributed by atoms with Gasteiger partial charge in [-0.2, -0.15) is 0 Å². The molecule has 1 aromatic rings. The van der Waals surface area contributed by atoms with Gasteiger partial charge in [-0.25, -0.2) is 0 Å². The van der Waals surface area contributed by atoms with Crippen molar-refractivity contribution in [3.63, 3.8) is 0 Å². The van der Waals surface area contributed by atoms with E-state index in [4.69, 9.17) is 4.74 Å². The minimum absolute atomic E-state index is 0.123. The molecule has 1 saturated heterocycles. The van der Waals surface area contributed by atoms with Crippen LogP contribution in [0.2, 0.25) is 0 Å². The van der Waals surface area contributed by atoms with Crippen LogP contribution in [-0.2, 0) is 4.74 Å². The zero-order chi connectivity index (χ0) is 15.2. The maximum atomic E-state index is 5.97. The molecule has 2 rings (SSSR count). The Bertz CT molecular complexity index is 485. The first kappa shape index (κ1) is 15.8. The zero-order valence-corrected chi connectivity index (χ0v) is 13.6. The number of guanidine groups is 1. The lowest BCUT2D eigenvalue weighted by Gasteiger charge is -2.36. The molecule has 1 N–H and O–H groups in total. The first-order valence-corrected chi connectivity index (χ1v) is 7.74. The predicted molar refractivity (Wildman–Crippen MR) is 87.6 cm³/mol. The van der Waals surface area contributed by atoms with Crippen LogP contribution in [0.3, 0.4) is 0 Å². The molecule has 0 spiro atoms. The Kier molecular flexibility index (Phi) is 5.62. The number of aryl methyl sites for hydroxylation is 1. The van der Waals surface area contributed by atoms with E-state index < -0.39 is 0 Å². The smallest absolute Gasteiger partial charge is 0.193 e. The van der Waals surface area contributed by atoms with Gasteiger partial charge in [0.2, 0.25) is 0 Å². The van der Waals surface area contributed by atoms with Crippen LogP contribution in [0.15, 0.2) is 29.3 Å². The number of morpholine rings is 1. The van der Waals surface area contributed by atoms with Gasteiger partial charge in [-0.15, -0.1) is 0 Å². The summed E-state index contributed by atoms with van der Waals surface area (Å²) in [6.07, 6.45) is 0.123. The molecule has 1 aromatic carbocycles. The molecule has 0 amide bonds. The van der Waals surface area contributed by atoms with Crippen molar-refractivity contribution in [2.45, 2.75) is 26.9 Å². The molecule has 0 saturated carbocycles. The first-order valence-electron chi connectivity index (χ1n) is 7.74. The molecule has 1 fully saturated rings. The molecule has 4 nitrogen and oxygen atoms in total. The summed E-state index contributed by atoms with van der Waals surface area (Å²) in [4.78, 5) is 6.70. The highest BCUT2D eigenvalue weighted by Crippen LogP contribution is 2.24. The summed E-state index contributed by atoms with van der Waals surface area (Å²) >= 11 is 0. The quantitative estimate of drug-likeness (QED) is 0.686. The van der Waals surface area contributed by atoms with E-state index in [1.165, 1.54) is 11.1 Å². The Morgan fingerprint density at radius 1 is 1.43 bits per heavy atom. The van der Waals surface area contributed by atoms with Crippen LogP contribution in [0.5, 0.6) is 0 Å². The van der Waals surface area contributed by atoms with E-state index in [1.54, 1.807) is 0 Å². The standard InChI is InChI=1S/C17H27N3O/c1-13(2)11-19-17(18-4)20-9-10-21-16(12-20)15-8-6-5-7-14(15)3/h5-8,13,16H,9-12H2,1-4H3,(H,18,19). The van der Waals surface area contributed by atoms with Gasteiger partial charge in [0.05, 0.1) is 13.2 Å². The summed E-state index contributed by atoms with van der Waals surface area (Å²) in [5.41, 5.74) is 2.57. The van der Waals surface area contributed by atoms with Gasteiger partial charge in [0, 0.05) is 20.1 Å². The second-order valence-corrected chi connectivity index (χ2v) is 5.98. The van der Waals surface area contributed by atoms with Gasteiger partial charge in [-0.3, -0.25) is 4.99 Å². The summed E-state index contributed by atoms with van der Waals surface area (Å²) in [5, 5.41) is 3.45. The fraction of sp³-hybridized carbons (Fsp3) is 0.588. The molecule has 0 aromatic heterocycles. The Balaban J connectivity index is 2.05. The second kappa shape index (κ2) is 7.46. The minimum atomic E-state index is 0.123. The monoisotopic (exact) mass is 289 g/mol. The van der Waals surface area contributed by atoms with E-state index in [-0.39, 0.29) is 6.10 Å². The Hall–Kier alpha value is -1.55. The van der Waals surface area contributed by atoms with Gasteiger partial charge in [0.1, 0.15) is 6.10 Å². The Labute approximate surface area is 128 Å². The average molecular weight is 289 g/mol. The van der Waals surface area contributed by atoms with Gasteiger partial charge in [-0.1, -0.05) is 38.1 Å². The van der Waals surface area contributed by atoms with Crippen LogP contribution in [0.1, 0.15) is 31.1 Å². The second-order valence-electron chi connectivity index (χ2n) is 5.98. The lowest BCUT2D eigenvalue weighted by atomic mass is 10.0. The van der Waals surface area contributed by atoms with Gasteiger partial charge in [-0.05, 0) is 24.0 Å². The van der Waals surface area contributed by atoms with Gasteiger partial charge in [0.15, 0.2) is 5.96 Å². The Morgan fingerprint density at radius 3 is 2.86 bits per heavy atom. The van der Waals surface area contributed by atoms with Crippen LogP contribution in [0.25, 0.3) is 0 Å². The van der Waals surface area contributed by atoms with Crippen molar-refractivity contribution in [3.8, 4) is 0 Å². The maximum absolute atomic E-state index is 5.97. The SMILES string of the molecule is CN=C(NCC(C)C)N1CCOC(c2ccccc2C)C1. The summed E-state index contributed by atoms with van der Waals surface area (Å²) in [6.45, 7) is 9.97. The summed E-state index contributed by atoms with van der Waals surface area (Å²) < 4.78 is 5.97. The Morgan fingerprint density at radius 2 is 2.19 bits per heavy atom. The number of aliphatic imine (C=N–C) groups is 1. The summed E-state index contributed by atoms with van der Waals surface area (Å²) in [5.74, 6) is 1.58. The number of nitrogens with zero attached hydrogens (tertiary/aromatic N) is 2. The summed E-state index contributed by atoms with van der Waals surface area (Å²) in [7, 11) is 1.85. The predicted octanol–water partition coefficient (Wildman–Crippen LogP) is 2.60. The molecule has 0 aliphatic carbocycles. The number of hydrogen-bond acceptors (Lipinski definition) is 2. The van der Waals surface area contributed by atoms with Crippen molar-refractivity contribution in [2.24, 2.45) is 10.9 Å². The van der Waals surface area contributed by atoms with Crippen molar-refractivity contribution >= 4 is 5.96 Å². The van der Waals surface area contributed by atoms with Crippen molar-refractivity contribution in [3.05, 3.63) is 35.4 Å². The number of nitrogens with one attached hydrogen (secondary N) is 1. The maximum Gasteiger partial charge on any atom is 0.193 e. The molecule has 1 atom stereocenters. The van der Waals surface area contributed by atoms with E-state index in [2.05, 4.69) is 60.2 Å². The molecule has 1 aliphatic rings. The lowest BCUT2D eigenvalue weighted by molar-refractivity contribution is -0.00834. The van der Waals surface area contributed by atoms with Gasteiger partial charge < -0.3 is 15.0 Å². The van der Waals surface area contributed by atoms with Crippen molar-refractivity contribution in [1.29, 1.82) is 0 Å². The topological polar surface area (TPSA) is 36.9 Å². The van der Waals surface area contributed by atoms with Crippen LogP contribution in [-0.4, -0.2) is 44.1 Å². The molecular weight excluding hydrogens is 262 g/mol. The third-order valence-corrected chi connectivity index (χ3v) is 3.78. The molecule has 4 heteroatoms. The van der Waals surface area contributed by atoms with E-state index in [9.17, 15) is 0 Å². The molecule has 0 bridgehead atoms.